The standard InChI is InChI=1S/C22H25N3O/c23-19-21-8-10-22(11-9-21)26-18-17-25-15-13-24(14-16-25)12-4-7-20-5-2-1-3-6-20/h1-11H,12-18H2. The fourth-order valence-electron chi connectivity index (χ4n) is 3.02. The molecule has 1 saturated heterocycles. The number of piperazine rings is 1. The van der Waals surface area contributed by atoms with Crippen molar-refractivity contribution >= 4 is 6.08 Å². The second kappa shape index (κ2) is 9.76. The van der Waals surface area contributed by atoms with Crippen LogP contribution in [0.1, 0.15) is 11.1 Å². The fourth-order valence-corrected chi connectivity index (χ4v) is 3.02. The molecule has 0 aromatic heterocycles. The van der Waals surface area contributed by atoms with Gasteiger partial charge in [0.15, 0.2) is 0 Å². The third kappa shape index (κ3) is 5.73. The molecule has 0 spiro atoms. The molecule has 1 aliphatic rings. The van der Waals surface area contributed by atoms with Crippen LogP contribution >= 0.6 is 0 Å². The van der Waals surface area contributed by atoms with Gasteiger partial charge in [0.05, 0.1) is 11.6 Å². The van der Waals surface area contributed by atoms with E-state index in [-0.39, 0.29) is 0 Å². The first-order valence-corrected chi connectivity index (χ1v) is 9.13. The SMILES string of the molecule is N#Cc1ccc(OCCN2CCN(CC=Cc3ccccc3)CC2)cc1. The van der Waals surface area contributed by atoms with Crippen LogP contribution in [-0.4, -0.2) is 55.7 Å². The Labute approximate surface area is 155 Å². The van der Waals surface area contributed by atoms with E-state index in [1.54, 1.807) is 12.1 Å². The summed E-state index contributed by atoms with van der Waals surface area (Å²) >= 11 is 0. The minimum absolute atomic E-state index is 0.662. The molecule has 1 aliphatic heterocycles. The van der Waals surface area contributed by atoms with Crippen LogP contribution in [-0.2, 0) is 0 Å². The van der Waals surface area contributed by atoms with Crippen LogP contribution in [0, 0.1) is 11.3 Å². The van der Waals surface area contributed by atoms with Gasteiger partial charge < -0.3 is 4.74 Å². The molecule has 0 N–H and O–H groups in total. The molecule has 1 fully saturated rings. The van der Waals surface area contributed by atoms with Crippen molar-refractivity contribution in [1.82, 2.24) is 9.80 Å². The average molecular weight is 347 g/mol. The van der Waals surface area contributed by atoms with Crippen molar-refractivity contribution in [2.75, 3.05) is 45.9 Å². The highest BCUT2D eigenvalue weighted by atomic mass is 16.5. The summed E-state index contributed by atoms with van der Waals surface area (Å²) in [5.41, 5.74) is 1.92. The number of ether oxygens (including phenoxy) is 1. The highest BCUT2D eigenvalue weighted by Gasteiger charge is 2.15. The first kappa shape index (κ1) is 18.2. The van der Waals surface area contributed by atoms with E-state index in [1.807, 2.05) is 18.2 Å². The van der Waals surface area contributed by atoms with E-state index in [9.17, 15) is 0 Å². The highest BCUT2D eigenvalue weighted by Crippen LogP contribution is 2.11. The molecular formula is C22H25N3O. The van der Waals surface area contributed by atoms with E-state index >= 15 is 0 Å². The van der Waals surface area contributed by atoms with Gasteiger partial charge in [-0.1, -0.05) is 42.5 Å². The molecule has 134 valence electrons. The Kier molecular flexibility index (Phi) is 6.83. The molecule has 2 aromatic carbocycles. The lowest BCUT2D eigenvalue weighted by Gasteiger charge is -2.34. The van der Waals surface area contributed by atoms with E-state index in [1.165, 1.54) is 5.56 Å². The maximum absolute atomic E-state index is 8.80. The third-order valence-corrected chi connectivity index (χ3v) is 4.60. The second-order valence-electron chi connectivity index (χ2n) is 6.44. The van der Waals surface area contributed by atoms with Crippen LogP contribution in [0.4, 0.5) is 0 Å². The molecule has 0 atom stereocenters. The molecular weight excluding hydrogens is 322 g/mol. The molecule has 4 nitrogen and oxygen atoms in total. The minimum atomic E-state index is 0.662. The number of rotatable bonds is 7. The molecule has 0 radical (unpaired) electrons. The zero-order chi connectivity index (χ0) is 18.0. The normalized spacial score (nSPS) is 15.8. The van der Waals surface area contributed by atoms with Gasteiger partial charge in [-0.25, -0.2) is 0 Å². The highest BCUT2D eigenvalue weighted by molar-refractivity contribution is 5.48. The zero-order valence-electron chi connectivity index (χ0n) is 15.1. The molecule has 1 heterocycles. The number of hydrogen-bond acceptors (Lipinski definition) is 4. The smallest absolute Gasteiger partial charge is 0.119 e. The van der Waals surface area contributed by atoms with Gasteiger partial charge in [-0.15, -0.1) is 0 Å². The summed E-state index contributed by atoms with van der Waals surface area (Å²) < 4.78 is 5.77. The molecule has 0 bridgehead atoms. The van der Waals surface area contributed by atoms with Gasteiger partial charge >= 0.3 is 0 Å². The number of nitrogens with zero attached hydrogens (tertiary/aromatic N) is 3. The Morgan fingerprint density at radius 1 is 0.923 bits per heavy atom. The number of benzene rings is 2. The van der Waals surface area contributed by atoms with E-state index < -0.39 is 0 Å². The summed E-state index contributed by atoms with van der Waals surface area (Å²) in [6, 6.07) is 19.8. The van der Waals surface area contributed by atoms with Crippen molar-refractivity contribution in [3.05, 3.63) is 71.8 Å². The van der Waals surface area contributed by atoms with Crippen molar-refractivity contribution in [1.29, 1.82) is 5.26 Å². The maximum atomic E-state index is 8.80. The van der Waals surface area contributed by atoms with E-state index in [2.05, 4.69) is 52.3 Å². The molecule has 26 heavy (non-hydrogen) atoms. The van der Waals surface area contributed by atoms with Crippen LogP contribution in [0.25, 0.3) is 6.08 Å². The van der Waals surface area contributed by atoms with Gasteiger partial charge in [0, 0.05) is 39.3 Å². The number of hydrogen-bond donors (Lipinski definition) is 0. The van der Waals surface area contributed by atoms with Gasteiger partial charge in [-0.3, -0.25) is 9.80 Å². The summed E-state index contributed by atoms with van der Waals surface area (Å²) in [5, 5.41) is 8.80. The van der Waals surface area contributed by atoms with Crippen molar-refractivity contribution in [3.63, 3.8) is 0 Å². The van der Waals surface area contributed by atoms with E-state index in [0.29, 0.717) is 12.2 Å². The quantitative estimate of drug-likeness (QED) is 0.771. The van der Waals surface area contributed by atoms with Crippen LogP contribution in [0.2, 0.25) is 0 Å². The molecule has 3 rings (SSSR count). The Bertz CT molecular complexity index is 726. The Morgan fingerprint density at radius 2 is 1.62 bits per heavy atom. The lowest BCUT2D eigenvalue weighted by molar-refractivity contribution is 0.125. The average Bonchev–Trinajstić information content (AvgIpc) is 2.70. The summed E-state index contributed by atoms with van der Waals surface area (Å²) in [6.45, 7) is 6.97. The predicted molar refractivity (Wildman–Crippen MR) is 105 cm³/mol. The van der Waals surface area contributed by atoms with Crippen molar-refractivity contribution in [3.8, 4) is 11.8 Å². The Hall–Kier alpha value is -2.61. The van der Waals surface area contributed by atoms with E-state index in [4.69, 9.17) is 10.00 Å². The van der Waals surface area contributed by atoms with Gasteiger partial charge in [-0.05, 0) is 29.8 Å². The molecule has 0 aliphatic carbocycles. The first-order chi connectivity index (χ1) is 12.8. The zero-order valence-corrected chi connectivity index (χ0v) is 15.1. The molecule has 4 heteroatoms. The van der Waals surface area contributed by atoms with Crippen molar-refractivity contribution in [2.45, 2.75) is 0 Å². The predicted octanol–water partition coefficient (Wildman–Crippen LogP) is 3.27. The second-order valence-corrected chi connectivity index (χ2v) is 6.44. The van der Waals surface area contributed by atoms with Gasteiger partial charge in [0.1, 0.15) is 12.4 Å². The largest absolute Gasteiger partial charge is 0.492 e. The molecule has 0 saturated carbocycles. The van der Waals surface area contributed by atoms with Crippen LogP contribution in [0.5, 0.6) is 5.75 Å². The van der Waals surface area contributed by atoms with Crippen LogP contribution < -0.4 is 4.74 Å². The Balaban J connectivity index is 1.32. The summed E-state index contributed by atoms with van der Waals surface area (Å²) in [4.78, 5) is 4.93. The summed E-state index contributed by atoms with van der Waals surface area (Å²) in [7, 11) is 0. The lowest BCUT2D eigenvalue weighted by atomic mass is 10.2. The lowest BCUT2D eigenvalue weighted by Crippen LogP contribution is -2.47. The first-order valence-electron chi connectivity index (χ1n) is 9.13. The van der Waals surface area contributed by atoms with Crippen molar-refractivity contribution in [2.24, 2.45) is 0 Å². The van der Waals surface area contributed by atoms with Crippen molar-refractivity contribution < 1.29 is 4.74 Å². The van der Waals surface area contributed by atoms with Gasteiger partial charge in [0.25, 0.3) is 0 Å². The van der Waals surface area contributed by atoms with Gasteiger partial charge in [0.2, 0.25) is 0 Å². The fraction of sp³-hybridized carbons (Fsp3) is 0.318. The monoisotopic (exact) mass is 347 g/mol. The molecule has 0 amide bonds. The van der Waals surface area contributed by atoms with Crippen LogP contribution in [0.15, 0.2) is 60.7 Å². The van der Waals surface area contributed by atoms with Crippen LogP contribution in [0.3, 0.4) is 0 Å². The maximum Gasteiger partial charge on any atom is 0.119 e. The van der Waals surface area contributed by atoms with Gasteiger partial charge in [-0.2, -0.15) is 5.26 Å². The van der Waals surface area contributed by atoms with E-state index in [0.717, 1.165) is 45.0 Å². The molecule has 2 aromatic rings. The summed E-state index contributed by atoms with van der Waals surface area (Å²) in [5.74, 6) is 0.827. The minimum Gasteiger partial charge on any atom is -0.492 e. The third-order valence-electron chi connectivity index (χ3n) is 4.60. The molecule has 0 unspecified atom stereocenters. The number of nitriles is 1. The summed E-state index contributed by atoms with van der Waals surface area (Å²) in [6.07, 6.45) is 4.44. The Morgan fingerprint density at radius 3 is 2.31 bits per heavy atom. The topological polar surface area (TPSA) is 39.5 Å².